The second-order valence-corrected chi connectivity index (χ2v) is 14.2. The largest absolute Gasteiger partial charge is 0.416 e. The van der Waals surface area contributed by atoms with Crippen molar-refractivity contribution in [3.05, 3.63) is 98.5 Å². The summed E-state index contributed by atoms with van der Waals surface area (Å²) in [5.41, 5.74) is -1.46. The van der Waals surface area contributed by atoms with E-state index in [0.29, 0.717) is 22.0 Å². The summed E-state index contributed by atoms with van der Waals surface area (Å²) in [4.78, 5) is 29.1. The molecule has 0 bridgehead atoms. The van der Waals surface area contributed by atoms with E-state index in [1.165, 1.54) is 12.1 Å². The summed E-state index contributed by atoms with van der Waals surface area (Å²) in [5, 5.41) is 2.90. The number of hydrogen-bond donors (Lipinski definition) is 1. The Morgan fingerprint density at radius 2 is 1.48 bits per heavy atom. The monoisotopic (exact) mass is 691 g/mol. The number of anilines is 1. The Labute approximate surface area is 269 Å². The van der Waals surface area contributed by atoms with Crippen LogP contribution in [0.2, 0.25) is 15.1 Å². The molecule has 7 nitrogen and oxygen atoms in total. The minimum absolute atomic E-state index is 0.0136. The minimum atomic E-state index is -4.81. The van der Waals surface area contributed by atoms with Crippen LogP contribution in [0.3, 0.4) is 0 Å². The number of alkyl halides is 3. The number of halogens is 6. The summed E-state index contributed by atoms with van der Waals surface area (Å²) in [6.45, 7) is 3.96. The summed E-state index contributed by atoms with van der Waals surface area (Å²) in [5.74, 6) is -1.47. The van der Waals surface area contributed by atoms with Crippen molar-refractivity contribution >= 4 is 62.3 Å². The van der Waals surface area contributed by atoms with Crippen molar-refractivity contribution in [1.82, 2.24) is 10.2 Å². The fourth-order valence-corrected chi connectivity index (χ4v) is 5.98. The highest BCUT2D eigenvalue weighted by Gasteiger charge is 2.37. The number of amides is 2. The molecule has 0 saturated heterocycles. The summed E-state index contributed by atoms with van der Waals surface area (Å²) in [6.07, 6.45) is -4.06. The molecule has 1 N–H and O–H groups in total. The number of nitrogens with one attached hydrogen (secondary N) is 1. The molecule has 1 atom stereocenters. The van der Waals surface area contributed by atoms with Crippen LogP contribution in [0.15, 0.2) is 66.7 Å². The zero-order valence-electron chi connectivity index (χ0n) is 24.3. The van der Waals surface area contributed by atoms with Crippen LogP contribution in [0.4, 0.5) is 18.9 Å². The van der Waals surface area contributed by atoms with E-state index in [1.54, 1.807) is 57.2 Å². The molecular weight excluding hydrogens is 662 g/mol. The normalized spacial score (nSPS) is 12.9. The number of benzene rings is 3. The van der Waals surface area contributed by atoms with Gasteiger partial charge in [0.05, 0.1) is 22.5 Å². The first-order valence-corrected chi connectivity index (χ1v) is 16.2. The van der Waals surface area contributed by atoms with E-state index in [0.717, 1.165) is 17.2 Å². The van der Waals surface area contributed by atoms with Crippen LogP contribution in [0.5, 0.6) is 0 Å². The Kier molecular flexibility index (Phi) is 11.3. The molecule has 0 aromatic heterocycles. The van der Waals surface area contributed by atoms with Gasteiger partial charge in [0, 0.05) is 34.1 Å². The predicted molar refractivity (Wildman–Crippen MR) is 167 cm³/mol. The fraction of sp³-hybridized carbons (Fsp3) is 0.333. The maximum absolute atomic E-state index is 14.2. The predicted octanol–water partition coefficient (Wildman–Crippen LogP) is 6.99. The Balaban J connectivity index is 2.18. The van der Waals surface area contributed by atoms with Crippen LogP contribution in [0, 0.1) is 0 Å². The van der Waals surface area contributed by atoms with Crippen LogP contribution in [0.25, 0.3) is 0 Å². The fourth-order valence-electron chi connectivity index (χ4n) is 4.34. The van der Waals surface area contributed by atoms with Crippen LogP contribution < -0.4 is 9.62 Å². The highest BCUT2D eigenvalue weighted by molar-refractivity contribution is 7.92. The number of sulfonamides is 1. The van der Waals surface area contributed by atoms with Gasteiger partial charge in [-0.15, -0.1) is 0 Å². The molecule has 14 heteroatoms. The van der Waals surface area contributed by atoms with E-state index in [9.17, 15) is 31.2 Å². The Hall–Kier alpha value is -2.99. The van der Waals surface area contributed by atoms with Gasteiger partial charge in [0.15, 0.2) is 0 Å². The molecule has 3 aromatic carbocycles. The SMILES string of the molecule is CC(C)(C)NC(=O)C(Cc1ccccc1)N(Cc1c(Cl)cccc1Cl)C(=O)CN(c1cc(C(F)(F)F)ccc1Cl)S(C)(=O)=O. The van der Waals surface area contributed by atoms with Crippen molar-refractivity contribution in [1.29, 1.82) is 0 Å². The maximum atomic E-state index is 14.2. The van der Waals surface area contributed by atoms with Gasteiger partial charge >= 0.3 is 6.18 Å². The lowest BCUT2D eigenvalue weighted by atomic mass is 10.0. The molecule has 2 amide bonds. The van der Waals surface area contributed by atoms with E-state index in [4.69, 9.17) is 34.8 Å². The van der Waals surface area contributed by atoms with Gasteiger partial charge < -0.3 is 10.2 Å². The van der Waals surface area contributed by atoms with Gasteiger partial charge in [-0.25, -0.2) is 8.42 Å². The lowest BCUT2D eigenvalue weighted by molar-refractivity contribution is -0.140. The third-order valence-corrected chi connectivity index (χ3v) is 8.54. The average molecular weight is 693 g/mol. The van der Waals surface area contributed by atoms with E-state index >= 15 is 0 Å². The molecular formula is C30H31Cl3F3N3O4S. The number of carbonyl (C=O) groups excluding carboxylic acids is 2. The van der Waals surface area contributed by atoms with Gasteiger partial charge in [0.25, 0.3) is 0 Å². The van der Waals surface area contributed by atoms with Gasteiger partial charge in [-0.05, 0) is 56.7 Å². The third-order valence-electron chi connectivity index (χ3n) is 6.38. The minimum Gasteiger partial charge on any atom is -0.350 e. The van der Waals surface area contributed by atoms with Crippen LogP contribution in [0.1, 0.15) is 37.5 Å². The molecule has 0 fully saturated rings. The van der Waals surface area contributed by atoms with Crippen LogP contribution in [-0.4, -0.2) is 49.5 Å². The zero-order valence-corrected chi connectivity index (χ0v) is 27.3. The summed E-state index contributed by atoms with van der Waals surface area (Å²) >= 11 is 19.0. The Morgan fingerprint density at radius 3 is 2.00 bits per heavy atom. The topological polar surface area (TPSA) is 86.8 Å². The number of carbonyl (C=O) groups is 2. The smallest absolute Gasteiger partial charge is 0.350 e. The van der Waals surface area contributed by atoms with Crippen LogP contribution in [-0.2, 0) is 38.8 Å². The molecule has 3 rings (SSSR count). The highest BCUT2D eigenvalue weighted by Crippen LogP contribution is 2.36. The molecule has 0 saturated carbocycles. The van der Waals surface area contributed by atoms with Crippen molar-refractivity contribution < 1.29 is 31.2 Å². The standard InChI is InChI=1S/C30H31Cl3F3N3O4S/c1-29(2,3)37-28(41)26(15-19-9-6-5-7-10-19)38(17-21-22(31)11-8-12-23(21)32)27(40)18-39(44(4,42)43)25-16-20(30(34,35)36)13-14-24(25)33/h5-14,16,26H,15,17-18H2,1-4H3,(H,37,41). The first-order chi connectivity index (χ1) is 20.3. The second kappa shape index (κ2) is 14.0. The molecule has 0 heterocycles. The molecule has 238 valence electrons. The quantitative estimate of drug-likeness (QED) is 0.248. The van der Waals surface area contributed by atoms with Crippen LogP contribution >= 0.6 is 34.8 Å². The van der Waals surface area contributed by atoms with E-state index in [-0.39, 0.29) is 33.6 Å². The van der Waals surface area contributed by atoms with E-state index < -0.39 is 57.4 Å². The maximum Gasteiger partial charge on any atom is 0.416 e. The lowest BCUT2D eigenvalue weighted by Gasteiger charge is -2.35. The second-order valence-electron chi connectivity index (χ2n) is 11.1. The van der Waals surface area contributed by atoms with Gasteiger partial charge in [0.2, 0.25) is 21.8 Å². The number of rotatable bonds is 10. The third kappa shape index (κ3) is 9.50. The lowest BCUT2D eigenvalue weighted by Crippen LogP contribution is -2.56. The first-order valence-electron chi connectivity index (χ1n) is 13.2. The van der Waals surface area contributed by atoms with Gasteiger partial charge in [-0.1, -0.05) is 71.2 Å². The average Bonchev–Trinajstić information content (AvgIpc) is 2.89. The summed E-state index contributed by atoms with van der Waals surface area (Å²) in [7, 11) is -4.37. The van der Waals surface area contributed by atoms with Gasteiger partial charge in [-0.3, -0.25) is 13.9 Å². The van der Waals surface area contributed by atoms with E-state index in [2.05, 4.69) is 5.32 Å². The first kappa shape index (κ1) is 35.5. The van der Waals surface area contributed by atoms with Crippen molar-refractivity contribution in [2.75, 3.05) is 17.1 Å². The Morgan fingerprint density at radius 1 is 0.886 bits per heavy atom. The highest BCUT2D eigenvalue weighted by atomic mass is 35.5. The molecule has 1 unspecified atom stereocenters. The van der Waals surface area contributed by atoms with Crippen molar-refractivity contribution in [2.45, 2.75) is 51.5 Å². The summed E-state index contributed by atoms with van der Waals surface area (Å²) in [6, 6.07) is 14.4. The molecule has 3 aromatic rings. The molecule has 0 aliphatic rings. The van der Waals surface area contributed by atoms with Gasteiger partial charge in [-0.2, -0.15) is 13.2 Å². The number of nitrogens with zero attached hydrogens (tertiary/aromatic N) is 2. The summed E-state index contributed by atoms with van der Waals surface area (Å²) < 4.78 is 67.0. The molecule has 0 aliphatic carbocycles. The Bertz CT molecular complexity index is 1590. The molecule has 0 radical (unpaired) electrons. The van der Waals surface area contributed by atoms with Gasteiger partial charge in [0.1, 0.15) is 12.6 Å². The molecule has 0 spiro atoms. The van der Waals surface area contributed by atoms with E-state index in [1.807, 2.05) is 0 Å². The molecule has 0 aliphatic heterocycles. The number of hydrogen-bond acceptors (Lipinski definition) is 4. The molecule has 44 heavy (non-hydrogen) atoms. The van der Waals surface area contributed by atoms with Crippen molar-refractivity contribution in [3.8, 4) is 0 Å². The zero-order chi connectivity index (χ0) is 33.0. The van der Waals surface area contributed by atoms with Crippen molar-refractivity contribution in [3.63, 3.8) is 0 Å². The van der Waals surface area contributed by atoms with Crippen molar-refractivity contribution in [2.24, 2.45) is 0 Å².